The van der Waals surface area contributed by atoms with E-state index in [9.17, 15) is 9.59 Å². The van der Waals surface area contributed by atoms with Crippen molar-refractivity contribution >= 4 is 11.9 Å². The summed E-state index contributed by atoms with van der Waals surface area (Å²) in [6.45, 7) is 10.2. The molecule has 1 aromatic rings. The summed E-state index contributed by atoms with van der Waals surface area (Å²) in [7, 11) is 0. The first kappa shape index (κ1) is 22.1. The normalized spacial score (nSPS) is 12.7. The van der Waals surface area contributed by atoms with E-state index in [1.165, 1.54) is 0 Å². The van der Waals surface area contributed by atoms with Crippen LogP contribution in [0.5, 0.6) is 0 Å². The maximum absolute atomic E-state index is 12.4. The van der Waals surface area contributed by atoms with Crippen molar-refractivity contribution in [1.82, 2.24) is 15.8 Å². The van der Waals surface area contributed by atoms with Gasteiger partial charge >= 0.3 is 5.97 Å². The summed E-state index contributed by atoms with van der Waals surface area (Å²) in [5, 5.41) is 11.7. The van der Waals surface area contributed by atoms with Crippen molar-refractivity contribution in [2.45, 2.75) is 72.1 Å². The molecule has 0 spiro atoms. The lowest BCUT2D eigenvalue weighted by molar-refractivity contribution is -0.158. The minimum atomic E-state index is -0.516. The molecule has 0 aliphatic rings. The first-order valence-corrected chi connectivity index (χ1v) is 8.93. The summed E-state index contributed by atoms with van der Waals surface area (Å²) in [4.78, 5) is 27.7. The van der Waals surface area contributed by atoms with Gasteiger partial charge in [0.25, 0.3) is 0 Å². The Kier molecular flexibility index (Phi) is 8.68. The Labute approximate surface area is 155 Å². The molecule has 1 heterocycles. The molecule has 0 aromatic carbocycles. The van der Waals surface area contributed by atoms with E-state index in [4.69, 9.17) is 9.94 Å². The van der Waals surface area contributed by atoms with Gasteiger partial charge in [-0.25, -0.2) is 5.48 Å². The van der Waals surface area contributed by atoms with E-state index in [1.807, 2.05) is 32.9 Å². The molecule has 26 heavy (non-hydrogen) atoms. The number of hydrogen-bond donors (Lipinski definition) is 3. The van der Waals surface area contributed by atoms with Crippen molar-refractivity contribution in [3.8, 4) is 0 Å². The summed E-state index contributed by atoms with van der Waals surface area (Å²) in [5.74, 6) is -0.324. The minimum Gasteiger partial charge on any atom is -0.459 e. The molecule has 0 radical (unpaired) electrons. The van der Waals surface area contributed by atoms with E-state index in [2.05, 4.69) is 24.1 Å². The number of carbonyl (C=O) groups excluding carboxylic acids is 2. The van der Waals surface area contributed by atoms with Gasteiger partial charge in [0.2, 0.25) is 5.91 Å². The Morgan fingerprint density at radius 3 is 2.46 bits per heavy atom. The lowest BCUT2D eigenvalue weighted by Crippen LogP contribution is -2.41. The van der Waals surface area contributed by atoms with Crippen LogP contribution >= 0.6 is 0 Å². The highest BCUT2D eigenvalue weighted by molar-refractivity contribution is 5.76. The molecule has 0 saturated carbocycles. The molecule has 0 fully saturated rings. The molecule has 0 aliphatic carbocycles. The zero-order valence-corrected chi connectivity index (χ0v) is 16.3. The fourth-order valence-corrected chi connectivity index (χ4v) is 2.35. The Bertz CT molecular complexity index is 579. The van der Waals surface area contributed by atoms with Crippen LogP contribution in [0.1, 0.15) is 58.7 Å². The second-order valence-electron chi connectivity index (χ2n) is 7.79. The predicted molar refractivity (Wildman–Crippen MR) is 98.4 cm³/mol. The Hall–Kier alpha value is -1.99. The number of nitrogens with zero attached hydrogens (tertiary/aromatic N) is 1. The third-order valence-electron chi connectivity index (χ3n) is 3.57. The Morgan fingerprint density at radius 2 is 1.96 bits per heavy atom. The van der Waals surface area contributed by atoms with Crippen LogP contribution in [-0.2, 0) is 27.3 Å². The maximum Gasteiger partial charge on any atom is 0.323 e. The van der Waals surface area contributed by atoms with Crippen molar-refractivity contribution in [1.29, 1.82) is 0 Å². The van der Waals surface area contributed by atoms with Crippen molar-refractivity contribution in [2.75, 3.05) is 0 Å². The van der Waals surface area contributed by atoms with E-state index < -0.39 is 11.5 Å². The molecular formula is C19H31N3O4. The topological polar surface area (TPSA) is 101 Å². The molecule has 1 rings (SSSR count). The highest BCUT2D eigenvalue weighted by Gasteiger charge is 2.25. The predicted octanol–water partition coefficient (Wildman–Crippen LogP) is 2.37. The third-order valence-corrected chi connectivity index (χ3v) is 3.57. The first-order valence-electron chi connectivity index (χ1n) is 8.93. The summed E-state index contributed by atoms with van der Waals surface area (Å²) >= 11 is 0. The fourth-order valence-electron chi connectivity index (χ4n) is 2.35. The number of carbonyl (C=O) groups is 2. The van der Waals surface area contributed by atoms with Crippen LogP contribution in [0.3, 0.4) is 0 Å². The smallest absolute Gasteiger partial charge is 0.323 e. The Balaban J connectivity index is 2.61. The van der Waals surface area contributed by atoms with Gasteiger partial charge in [-0.1, -0.05) is 19.9 Å². The zero-order valence-electron chi connectivity index (χ0n) is 16.3. The van der Waals surface area contributed by atoms with Gasteiger partial charge in [0.05, 0.1) is 0 Å². The van der Waals surface area contributed by atoms with Crippen molar-refractivity contribution in [2.24, 2.45) is 5.92 Å². The van der Waals surface area contributed by atoms with Crippen LogP contribution in [0, 0.1) is 5.92 Å². The summed E-state index contributed by atoms with van der Waals surface area (Å²) in [5.41, 5.74) is 2.79. The first-order chi connectivity index (χ1) is 12.1. The van der Waals surface area contributed by atoms with E-state index in [0.717, 1.165) is 11.3 Å². The van der Waals surface area contributed by atoms with Gasteiger partial charge in [-0.15, -0.1) is 0 Å². The molecule has 0 saturated heterocycles. The van der Waals surface area contributed by atoms with E-state index in [0.29, 0.717) is 25.3 Å². The van der Waals surface area contributed by atoms with Crippen molar-refractivity contribution in [3.63, 3.8) is 0 Å². The number of amides is 1. The van der Waals surface area contributed by atoms with Gasteiger partial charge in [0, 0.05) is 24.9 Å². The second-order valence-corrected chi connectivity index (χ2v) is 7.79. The van der Waals surface area contributed by atoms with Crippen molar-refractivity contribution in [3.05, 3.63) is 29.6 Å². The van der Waals surface area contributed by atoms with E-state index >= 15 is 0 Å². The molecule has 0 bridgehead atoms. The standard InChI is InChI=1S/C19H31N3O4/c1-13(2)10-16(18(24)26-19(3,4)5)21-12-14-6-7-15(20-11-14)8-9-17(23)22-25/h6-7,11,13,16,21,25H,8-10,12H2,1-5H3,(H,22,23). The van der Waals surface area contributed by atoms with Gasteiger partial charge in [0.1, 0.15) is 11.6 Å². The fraction of sp³-hybridized carbons (Fsp3) is 0.632. The monoisotopic (exact) mass is 365 g/mol. The molecule has 1 amide bonds. The number of hydroxylamine groups is 1. The largest absolute Gasteiger partial charge is 0.459 e. The number of aromatic nitrogens is 1. The SMILES string of the molecule is CC(C)CC(NCc1ccc(CCC(=O)NO)nc1)C(=O)OC(C)(C)C. The Morgan fingerprint density at radius 1 is 1.27 bits per heavy atom. The summed E-state index contributed by atoms with van der Waals surface area (Å²) in [6.07, 6.45) is 3.04. The number of aryl methyl sites for hydroxylation is 1. The molecular weight excluding hydrogens is 334 g/mol. The summed E-state index contributed by atoms with van der Waals surface area (Å²) < 4.78 is 5.50. The number of nitrogens with one attached hydrogen (secondary N) is 2. The quantitative estimate of drug-likeness (QED) is 0.353. The number of rotatable bonds is 9. The highest BCUT2D eigenvalue weighted by Crippen LogP contribution is 2.13. The average Bonchev–Trinajstić information content (AvgIpc) is 2.55. The van der Waals surface area contributed by atoms with Gasteiger partial charge in [-0.3, -0.25) is 19.8 Å². The van der Waals surface area contributed by atoms with Crippen LogP contribution in [0.4, 0.5) is 0 Å². The number of esters is 1. The van der Waals surface area contributed by atoms with Crippen LogP contribution < -0.4 is 10.8 Å². The lowest BCUT2D eigenvalue weighted by atomic mass is 10.0. The van der Waals surface area contributed by atoms with E-state index in [1.54, 1.807) is 11.7 Å². The molecule has 0 aliphatic heterocycles. The molecule has 3 N–H and O–H groups in total. The maximum atomic E-state index is 12.4. The number of ether oxygens (including phenoxy) is 1. The average molecular weight is 365 g/mol. The van der Waals surface area contributed by atoms with Crippen LogP contribution in [-0.4, -0.2) is 33.7 Å². The summed E-state index contributed by atoms with van der Waals surface area (Å²) in [6, 6.07) is 3.38. The van der Waals surface area contributed by atoms with Crippen LogP contribution in [0.2, 0.25) is 0 Å². The number of pyridine rings is 1. The third kappa shape index (κ3) is 8.92. The molecule has 1 atom stereocenters. The molecule has 1 aromatic heterocycles. The molecule has 7 heteroatoms. The number of hydrogen-bond acceptors (Lipinski definition) is 6. The van der Waals surface area contributed by atoms with Gasteiger partial charge in [0.15, 0.2) is 0 Å². The lowest BCUT2D eigenvalue weighted by Gasteiger charge is -2.25. The van der Waals surface area contributed by atoms with E-state index in [-0.39, 0.29) is 18.4 Å². The van der Waals surface area contributed by atoms with Crippen LogP contribution in [0.25, 0.3) is 0 Å². The van der Waals surface area contributed by atoms with Gasteiger partial charge < -0.3 is 10.1 Å². The van der Waals surface area contributed by atoms with Gasteiger partial charge in [-0.2, -0.15) is 0 Å². The van der Waals surface area contributed by atoms with Crippen LogP contribution in [0.15, 0.2) is 18.3 Å². The van der Waals surface area contributed by atoms with Gasteiger partial charge in [-0.05, 0) is 51.2 Å². The van der Waals surface area contributed by atoms with Crippen molar-refractivity contribution < 1.29 is 19.5 Å². The second kappa shape index (κ2) is 10.2. The minimum absolute atomic E-state index is 0.177. The molecule has 1 unspecified atom stereocenters. The zero-order chi connectivity index (χ0) is 19.7. The molecule has 146 valence electrons. The highest BCUT2D eigenvalue weighted by atomic mass is 16.6. The molecule has 7 nitrogen and oxygen atoms in total.